The van der Waals surface area contributed by atoms with Gasteiger partial charge in [0.2, 0.25) is 0 Å². The van der Waals surface area contributed by atoms with Crippen LogP contribution in [0.2, 0.25) is 5.02 Å². The molecule has 8 heteroatoms. The molecule has 0 aliphatic rings. The number of furan rings is 1. The fraction of sp³-hybridized carbons (Fsp3) is 0.250. The zero-order valence-electron chi connectivity index (χ0n) is 13.2. The van der Waals surface area contributed by atoms with Gasteiger partial charge in [-0.3, -0.25) is 4.79 Å². The van der Waals surface area contributed by atoms with E-state index in [0.717, 1.165) is 12.1 Å². The molecule has 0 bridgehead atoms. The molecule has 6 nitrogen and oxygen atoms in total. The van der Waals surface area contributed by atoms with Crippen LogP contribution in [0.15, 0.2) is 45.8 Å². The first kappa shape index (κ1) is 20.3. The molecular formula is C16H20ClIN4O2. The number of aliphatic imine (C=N–C) groups is 1. The number of amides is 1. The van der Waals surface area contributed by atoms with Crippen LogP contribution >= 0.6 is 35.6 Å². The minimum atomic E-state index is -0.587. The summed E-state index contributed by atoms with van der Waals surface area (Å²) in [5, 5.41) is 6.95. The minimum absolute atomic E-state index is 0. The van der Waals surface area contributed by atoms with Gasteiger partial charge in [-0.15, -0.1) is 24.0 Å². The molecule has 1 amide bonds. The highest BCUT2D eigenvalue weighted by molar-refractivity contribution is 14.0. The molecule has 130 valence electrons. The molecule has 4 N–H and O–H groups in total. The number of benzene rings is 1. The summed E-state index contributed by atoms with van der Waals surface area (Å²) in [5.74, 6) is 0.780. The van der Waals surface area contributed by atoms with E-state index in [-0.39, 0.29) is 29.7 Å². The topological polar surface area (TPSA) is 92.6 Å². The number of rotatable bonds is 6. The van der Waals surface area contributed by atoms with Crippen LogP contribution in [0.5, 0.6) is 0 Å². The number of halogens is 2. The number of primary amides is 1. The maximum Gasteiger partial charge on any atom is 0.284 e. The van der Waals surface area contributed by atoms with E-state index in [1.165, 1.54) is 0 Å². The van der Waals surface area contributed by atoms with Crippen LogP contribution in [0.3, 0.4) is 0 Å². The number of nitrogens with two attached hydrogens (primary N) is 1. The van der Waals surface area contributed by atoms with Gasteiger partial charge in [-0.25, -0.2) is 4.99 Å². The molecule has 0 aliphatic carbocycles. The fourth-order valence-corrected chi connectivity index (χ4v) is 2.10. The van der Waals surface area contributed by atoms with E-state index in [4.69, 9.17) is 21.8 Å². The first-order chi connectivity index (χ1) is 11.1. The lowest BCUT2D eigenvalue weighted by Crippen LogP contribution is -2.36. The Balaban J connectivity index is 0.00000288. The highest BCUT2D eigenvalue weighted by Crippen LogP contribution is 2.15. The standard InChI is InChI=1S/C16H19ClN4O2.HI/c1-2-19-16(20-9-11-5-3-4-6-13(11)17)21-10-12-7-8-14(23-12)15(18)22;/h3-8H,2,9-10H2,1H3,(H2,18,22)(H2,19,20,21);1H. The predicted molar refractivity (Wildman–Crippen MR) is 106 cm³/mol. The van der Waals surface area contributed by atoms with Gasteiger partial charge in [-0.05, 0) is 30.7 Å². The van der Waals surface area contributed by atoms with Crippen LogP contribution in [-0.2, 0) is 13.1 Å². The molecule has 0 saturated carbocycles. The summed E-state index contributed by atoms with van der Waals surface area (Å²) in [4.78, 5) is 15.5. The molecule has 0 atom stereocenters. The number of nitrogens with zero attached hydrogens (tertiary/aromatic N) is 1. The van der Waals surface area contributed by atoms with Crippen molar-refractivity contribution in [1.82, 2.24) is 10.6 Å². The zero-order valence-corrected chi connectivity index (χ0v) is 16.3. The quantitative estimate of drug-likeness (QED) is 0.350. The Bertz CT molecular complexity index is 703. The highest BCUT2D eigenvalue weighted by atomic mass is 127. The molecular weight excluding hydrogens is 443 g/mol. The molecule has 1 heterocycles. The van der Waals surface area contributed by atoms with Crippen molar-refractivity contribution in [3.63, 3.8) is 0 Å². The van der Waals surface area contributed by atoms with Crippen molar-refractivity contribution in [2.75, 3.05) is 6.54 Å². The van der Waals surface area contributed by atoms with Crippen LogP contribution in [0.1, 0.15) is 28.8 Å². The second-order valence-corrected chi connectivity index (χ2v) is 5.18. The maximum atomic E-state index is 11.0. The molecule has 0 fully saturated rings. The first-order valence-corrected chi connectivity index (χ1v) is 7.62. The molecule has 2 rings (SSSR count). The third-order valence-corrected chi connectivity index (χ3v) is 3.41. The third kappa shape index (κ3) is 6.04. The van der Waals surface area contributed by atoms with Gasteiger partial charge in [0.05, 0.1) is 13.1 Å². The Morgan fingerprint density at radius 1 is 1.25 bits per heavy atom. The molecule has 0 radical (unpaired) electrons. The lowest BCUT2D eigenvalue weighted by atomic mass is 10.2. The van der Waals surface area contributed by atoms with Crippen LogP contribution in [-0.4, -0.2) is 18.4 Å². The van der Waals surface area contributed by atoms with Crippen molar-refractivity contribution in [2.24, 2.45) is 10.7 Å². The number of carbonyl (C=O) groups is 1. The van der Waals surface area contributed by atoms with E-state index in [9.17, 15) is 4.79 Å². The molecule has 0 aliphatic heterocycles. The van der Waals surface area contributed by atoms with Crippen molar-refractivity contribution >= 4 is 47.4 Å². The first-order valence-electron chi connectivity index (χ1n) is 7.24. The van der Waals surface area contributed by atoms with E-state index in [1.54, 1.807) is 12.1 Å². The van der Waals surface area contributed by atoms with Crippen molar-refractivity contribution in [3.05, 3.63) is 58.5 Å². The smallest absolute Gasteiger partial charge is 0.284 e. The normalized spacial score (nSPS) is 10.8. The summed E-state index contributed by atoms with van der Waals surface area (Å²) in [5.41, 5.74) is 6.10. The molecule has 1 aromatic carbocycles. The van der Waals surface area contributed by atoms with Gasteiger partial charge in [-0.2, -0.15) is 0 Å². The van der Waals surface area contributed by atoms with Gasteiger partial charge in [0, 0.05) is 11.6 Å². The maximum absolute atomic E-state index is 11.0. The SMILES string of the molecule is CCNC(=NCc1ccccc1Cl)NCc1ccc(C(N)=O)o1.I. The van der Waals surface area contributed by atoms with E-state index in [1.807, 2.05) is 31.2 Å². The van der Waals surface area contributed by atoms with Gasteiger partial charge in [0.1, 0.15) is 5.76 Å². The average molecular weight is 463 g/mol. The molecule has 0 spiro atoms. The predicted octanol–water partition coefficient (Wildman–Crippen LogP) is 2.91. The largest absolute Gasteiger partial charge is 0.454 e. The van der Waals surface area contributed by atoms with Crippen LogP contribution in [0, 0.1) is 0 Å². The second-order valence-electron chi connectivity index (χ2n) is 4.77. The van der Waals surface area contributed by atoms with E-state index in [2.05, 4.69) is 15.6 Å². The Kier molecular flexibility index (Phi) is 8.62. The van der Waals surface area contributed by atoms with Gasteiger partial charge in [0.15, 0.2) is 11.7 Å². The summed E-state index contributed by atoms with van der Waals surface area (Å²) in [6, 6.07) is 10.8. The third-order valence-electron chi connectivity index (χ3n) is 3.04. The summed E-state index contributed by atoms with van der Waals surface area (Å²) in [7, 11) is 0. The van der Waals surface area contributed by atoms with Gasteiger partial charge >= 0.3 is 0 Å². The number of guanidine groups is 1. The number of hydrogen-bond donors (Lipinski definition) is 3. The molecule has 1 aromatic heterocycles. The Labute approximate surface area is 162 Å². The van der Waals surface area contributed by atoms with E-state index in [0.29, 0.717) is 29.8 Å². The van der Waals surface area contributed by atoms with Crippen LogP contribution < -0.4 is 16.4 Å². The molecule has 0 unspecified atom stereocenters. The van der Waals surface area contributed by atoms with Gasteiger partial charge < -0.3 is 20.8 Å². The van der Waals surface area contributed by atoms with Crippen molar-refractivity contribution in [3.8, 4) is 0 Å². The Morgan fingerprint density at radius 3 is 2.62 bits per heavy atom. The summed E-state index contributed by atoms with van der Waals surface area (Å²) in [6.07, 6.45) is 0. The molecule has 24 heavy (non-hydrogen) atoms. The Hall–Kier alpha value is -1.74. The molecule has 2 aromatic rings. The van der Waals surface area contributed by atoms with E-state index >= 15 is 0 Å². The van der Waals surface area contributed by atoms with E-state index < -0.39 is 5.91 Å². The number of hydrogen-bond acceptors (Lipinski definition) is 3. The summed E-state index contributed by atoms with van der Waals surface area (Å²) >= 11 is 6.12. The lowest BCUT2D eigenvalue weighted by Gasteiger charge is -2.10. The zero-order chi connectivity index (χ0) is 16.7. The second kappa shape index (κ2) is 10.2. The number of carbonyl (C=O) groups excluding carboxylic acids is 1. The van der Waals surface area contributed by atoms with Crippen molar-refractivity contribution in [2.45, 2.75) is 20.0 Å². The monoisotopic (exact) mass is 462 g/mol. The van der Waals surface area contributed by atoms with Crippen molar-refractivity contribution < 1.29 is 9.21 Å². The summed E-state index contributed by atoms with van der Waals surface area (Å²) < 4.78 is 5.31. The van der Waals surface area contributed by atoms with Gasteiger partial charge in [-0.1, -0.05) is 29.8 Å². The summed E-state index contributed by atoms with van der Waals surface area (Å²) in [6.45, 7) is 3.55. The van der Waals surface area contributed by atoms with Crippen LogP contribution in [0.4, 0.5) is 0 Å². The minimum Gasteiger partial charge on any atom is -0.454 e. The lowest BCUT2D eigenvalue weighted by molar-refractivity contribution is 0.0972. The Morgan fingerprint density at radius 2 is 2.00 bits per heavy atom. The highest BCUT2D eigenvalue weighted by Gasteiger charge is 2.07. The number of nitrogens with one attached hydrogen (secondary N) is 2. The van der Waals surface area contributed by atoms with Gasteiger partial charge in [0.25, 0.3) is 5.91 Å². The average Bonchev–Trinajstić information content (AvgIpc) is 3.00. The van der Waals surface area contributed by atoms with Crippen LogP contribution in [0.25, 0.3) is 0 Å². The van der Waals surface area contributed by atoms with Crippen molar-refractivity contribution in [1.29, 1.82) is 0 Å². The fourth-order valence-electron chi connectivity index (χ4n) is 1.91. The molecule has 0 saturated heterocycles.